The SMILES string of the molecule is NC(=O)N1C(=O)C2Sc3c(sc(=O)n3CC(=O)N3CCOCC3)C(c3ccc(O)cc3)C2C1=O. The molecule has 2 fully saturated rings. The molecule has 5 rings (SSSR count). The van der Waals surface area contributed by atoms with E-state index in [2.05, 4.69) is 0 Å². The molecule has 34 heavy (non-hydrogen) atoms. The first-order valence-corrected chi connectivity index (χ1v) is 12.2. The number of imide groups is 3. The van der Waals surface area contributed by atoms with Crippen molar-refractivity contribution in [3.8, 4) is 5.75 Å². The lowest BCUT2D eigenvalue weighted by atomic mass is 9.83. The molecule has 3 aliphatic rings. The predicted octanol–water partition coefficient (Wildman–Crippen LogP) is 0.144. The summed E-state index contributed by atoms with van der Waals surface area (Å²) in [7, 11) is 0. The minimum Gasteiger partial charge on any atom is -0.508 e. The highest BCUT2D eigenvalue weighted by Crippen LogP contribution is 2.53. The van der Waals surface area contributed by atoms with E-state index in [-0.39, 0.29) is 23.1 Å². The number of amides is 5. The van der Waals surface area contributed by atoms with Gasteiger partial charge in [-0.05, 0) is 17.7 Å². The number of rotatable bonds is 3. The zero-order valence-corrected chi connectivity index (χ0v) is 19.3. The molecule has 13 heteroatoms. The molecule has 0 spiro atoms. The number of carbonyl (C=O) groups excluding carboxylic acids is 4. The highest BCUT2D eigenvalue weighted by Gasteiger charge is 2.57. The second kappa shape index (κ2) is 8.56. The number of likely N-dealkylation sites (tertiary alicyclic amines) is 1. The summed E-state index contributed by atoms with van der Waals surface area (Å²) in [6, 6.07) is 4.95. The number of primary amides is 1. The van der Waals surface area contributed by atoms with Crippen LogP contribution < -0.4 is 10.6 Å². The Hall–Kier alpha value is -3.16. The molecule has 3 unspecified atom stereocenters. The van der Waals surface area contributed by atoms with E-state index < -0.39 is 34.9 Å². The molecule has 3 N–H and O–H groups in total. The van der Waals surface area contributed by atoms with E-state index in [9.17, 15) is 29.1 Å². The summed E-state index contributed by atoms with van der Waals surface area (Å²) in [6.45, 7) is 1.48. The van der Waals surface area contributed by atoms with Gasteiger partial charge in [0.2, 0.25) is 11.8 Å². The molecule has 0 bridgehead atoms. The number of benzene rings is 1. The van der Waals surface area contributed by atoms with Crippen LogP contribution in [-0.4, -0.2) is 74.8 Å². The molecule has 0 radical (unpaired) electrons. The number of nitrogens with two attached hydrogens (primary N) is 1. The molecule has 5 amide bonds. The molecule has 3 atom stereocenters. The summed E-state index contributed by atoms with van der Waals surface area (Å²) in [6.07, 6.45) is 0. The topological polar surface area (TPSA) is 152 Å². The van der Waals surface area contributed by atoms with Crippen molar-refractivity contribution in [1.82, 2.24) is 14.4 Å². The largest absolute Gasteiger partial charge is 0.508 e. The number of nitrogens with zero attached hydrogens (tertiary/aromatic N) is 3. The maximum absolute atomic E-state index is 13.1. The quantitative estimate of drug-likeness (QED) is 0.560. The van der Waals surface area contributed by atoms with Gasteiger partial charge in [-0.3, -0.25) is 23.7 Å². The lowest BCUT2D eigenvalue weighted by Gasteiger charge is -2.31. The van der Waals surface area contributed by atoms with E-state index in [0.717, 1.165) is 23.1 Å². The van der Waals surface area contributed by atoms with E-state index in [4.69, 9.17) is 10.5 Å². The highest BCUT2D eigenvalue weighted by molar-refractivity contribution is 8.00. The van der Waals surface area contributed by atoms with Crippen LogP contribution in [0.2, 0.25) is 0 Å². The predicted molar refractivity (Wildman–Crippen MR) is 120 cm³/mol. The monoisotopic (exact) mass is 504 g/mol. The number of urea groups is 1. The Bertz CT molecular complexity index is 1250. The summed E-state index contributed by atoms with van der Waals surface area (Å²) in [5.74, 6) is -3.38. The number of fused-ring (bicyclic) bond motifs is 2. The number of phenols is 1. The van der Waals surface area contributed by atoms with Gasteiger partial charge in [0.05, 0.1) is 24.2 Å². The number of ether oxygens (including phenoxy) is 1. The van der Waals surface area contributed by atoms with E-state index >= 15 is 0 Å². The van der Waals surface area contributed by atoms with Gasteiger partial charge in [0.25, 0.3) is 5.91 Å². The molecule has 1 aromatic carbocycles. The number of phenolic OH excluding ortho intramolecular Hbond substituents is 1. The van der Waals surface area contributed by atoms with Gasteiger partial charge in [-0.1, -0.05) is 35.2 Å². The fraction of sp³-hybridized carbons (Fsp3) is 0.381. The van der Waals surface area contributed by atoms with Gasteiger partial charge < -0.3 is 20.5 Å². The van der Waals surface area contributed by atoms with Gasteiger partial charge in [-0.25, -0.2) is 4.79 Å². The Kier molecular flexibility index (Phi) is 5.70. The molecular formula is C21H20N4O7S2. The number of thioether (sulfide) groups is 1. The molecule has 2 saturated heterocycles. The summed E-state index contributed by atoms with van der Waals surface area (Å²) < 4.78 is 6.61. The third-order valence-corrected chi connectivity index (χ3v) is 8.78. The summed E-state index contributed by atoms with van der Waals surface area (Å²) in [5.41, 5.74) is 5.90. The van der Waals surface area contributed by atoms with Crippen molar-refractivity contribution >= 4 is 46.9 Å². The lowest BCUT2D eigenvalue weighted by Crippen LogP contribution is -2.43. The molecular weight excluding hydrogens is 484 g/mol. The van der Waals surface area contributed by atoms with Crippen LogP contribution in [0.25, 0.3) is 0 Å². The minimum atomic E-state index is -1.15. The Morgan fingerprint density at radius 2 is 1.76 bits per heavy atom. The first-order valence-electron chi connectivity index (χ1n) is 10.5. The van der Waals surface area contributed by atoms with Crippen LogP contribution in [0.5, 0.6) is 5.75 Å². The van der Waals surface area contributed by atoms with E-state index in [1.54, 1.807) is 17.0 Å². The van der Waals surface area contributed by atoms with Crippen LogP contribution in [0.3, 0.4) is 0 Å². The standard InChI is InChI=1S/C21H20N4O7S2/c22-20(30)25-17(28)14-13(10-1-3-11(26)4-2-10)16-19(33-15(14)18(25)29)24(21(31)34-16)9-12(27)23-5-7-32-8-6-23/h1-4,13-15,26H,5-9H2,(H2,22,30). The molecule has 4 heterocycles. The van der Waals surface area contributed by atoms with Gasteiger partial charge in [0.15, 0.2) is 0 Å². The number of carbonyl (C=O) groups is 4. The second-order valence-corrected chi connectivity index (χ2v) is 10.2. The number of aromatic nitrogens is 1. The highest BCUT2D eigenvalue weighted by atomic mass is 32.2. The number of aromatic hydroxyl groups is 1. The van der Waals surface area contributed by atoms with Crippen LogP contribution in [-0.2, 0) is 25.7 Å². The van der Waals surface area contributed by atoms with Gasteiger partial charge in [-0.2, -0.15) is 4.90 Å². The molecule has 178 valence electrons. The van der Waals surface area contributed by atoms with Crippen molar-refractivity contribution in [3.63, 3.8) is 0 Å². The van der Waals surface area contributed by atoms with E-state index in [1.165, 1.54) is 16.7 Å². The molecule has 1 aromatic heterocycles. The third-order valence-electron chi connectivity index (χ3n) is 6.18. The average Bonchev–Trinajstić information content (AvgIpc) is 3.26. The number of thiazole rings is 1. The van der Waals surface area contributed by atoms with Gasteiger partial charge in [-0.15, -0.1) is 0 Å². The van der Waals surface area contributed by atoms with Crippen molar-refractivity contribution in [2.45, 2.75) is 22.7 Å². The Morgan fingerprint density at radius 1 is 1.09 bits per heavy atom. The molecule has 2 aromatic rings. The lowest BCUT2D eigenvalue weighted by molar-refractivity contribution is -0.137. The number of morpholine rings is 1. The average molecular weight is 505 g/mol. The summed E-state index contributed by atoms with van der Waals surface area (Å²) in [5, 5.41) is 9.16. The maximum atomic E-state index is 13.1. The molecule has 0 aliphatic carbocycles. The zero-order chi connectivity index (χ0) is 24.1. The van der Waals surface area contributed by atoms with Crippen molar-refractivity contribution in [2.75, 3.05) is 26.3 Å². The van der Waals surface area contributed by atoms with Crippen molar-refractivity contribution < 1.29 is 29.0 Å². The fourth-order valence-corrected chi connectivity index (χ4v) is 7.33. The number of hydrogen-bond donors (Lipinski definition) is 2. The zero-order valence-electron chi connectivity index (χ0n) is 17.7. The summed E-state index contributed by atoms with van der Waals surface area (Å²) >= 11 is 1.91. The Morgan fingerprint density at radius 3 is 2.41 bits per heavy atom. The van der Waals surface area contributed by atoms with Gasteiger partial charge in [0.1, 0.15) is 17.5 Å². The maximum Gasteiger partial charge on any atom is 0.328 e. The normalized spacial score (nSPS) is 24.2. The molecule has 0 saturated carbocycles. The van der Waals surface area contributed by atoms with Crippen LogP contribution in [0, 0.1) is 5.92 Å². The van der Waals surface area contributed by atoms with Gasteiger partial charge >= 0.3 is 10.9 Å². The second-order valence-electron chi connectivity index (χ2n) is 8.10. The smallest absolute Gasteiger partial charge is 0.328 e. The Balaban J connectivity index is 1.59. The first kappa shape index (κ1) is 22.6. The van der Waals surface area contributed by atoms with E-state index in [1.807, 2.05) is 0 Å². The number of hydrogen-bond acceptors (Lipinski definition) is 9. The first-order chi connectivity index (χ1) is 16.3. The fourth-order valence-electron chi connectivity index (χ4n) is 4.56. The van der Waals surface area contributed by atoms with Crippen molar-refractivity contribution in [3.05, 3.63) is 44.4 Å². The van der Waals surface area contributed by atoms with Gasteiger partial charge in [0, 0.05) is 23.9 Å². The summed E-state index contributed by atoms with van der Waals surface area (Å²) in [4.78, 5) is 66.0. The van der Waals surface area contributed by atoms with Crippen LogP contribution >= 0.6 is 23.1 Å². The third kappa shape index (κ3) is 3.60. The van der Waals surface area contributed by atoms with Crippen LogP contribution in [0.15, 0.2) is 34.1 Å². The van der Waals surface area contributed by atoms with E-state index in [0.29, 0.717) is 46.7 Å². The minimum absolute atomic E-state index is 0.0140. The Labute approximate surface area is 201 Å². The molecule has 11 nitrogen and oxygen atoms in total. The molecule has 3 aliphatic heterocycles. The van der Waals surface area contributed by atoms with Crippen LogP contribution in [0.1, 0.15) is 16.4 Å². The van der Waals surface area contributed by atoms with Crippen molar-refractivity contribution in [2.24, 2.45) is 11.7 Å². The van der Waals surface area contributed by atoms with Crippen molar-refractivity contribution in [1.29, 1.82) is 0 Å². The van der Waals surface area contributed by atoms with Crippen LogP contribution in [0.4, 0.5) is 4.79 Å².